The Hall–Kier alpha value is -3.74. The van der Waals surface area contributed by atoms with Crippen LogP contribution < -0.4 is 0 Å². The quantitative estimate of drug-likeness (QED) is 0.157. The molecule has 104 heavy (non-hydrogen) atoms. The van der Waals surface area contributed by atoms with Crippen LogP contribution in [0.3, 0.4) is 0 Å². The third-order valence-electron chi connectivity index (χ3n) is 31.1. The number of hydrogen-bond acceptors (Lipinski definition) is 2. The third kappa shape index (κ3) is 22.9. The molecule has 0 saturated heterocycles. The van der Waals surface area contributed by atoms with Crippen molar-refractivity contribution in [3.05, 3.63) is 130 Å². The molecule has 11 aliphatic carbocycles. The van der Waals surface area contributed by atoms with Gasteiger partial charge in [0, 0.05) is 11.8 Å². The van der Waals surface area contributed by atoms with Gasteiger partial charge in [0.1, 0.15) is 11.6 Å². The van der Waals surface area contributed by atoms with Crippen LogP contribution in [0.2, 0.25) is 0 Å². The molecule has 11 fully saturated rings. The lowest BCUT2D eigenvalue weighted by molar-refractivity contribution is -0.119. The summed E-state index contributed by atoms with van der Waals surface area (Å²) in [5, 5.41) is 0. The summed E-state index contributed by atoms with van der Waals surface area (Å²) in [6, 6.07) is 21.4. The van der Waals surface area contributed by atoms with Gasteiger partial charge in [-0.15, -0.1) is 5.73 Å². The molecular weight excluding hydrogens is 1260 g/mol. The van der Waals surface area contributed by atoms with Gasteiger partial charge < -0.3 is 0 Å². The predicted octanol–water partition coefficient (Wildman–Crippen LogP) is 30.8. The van der Waals surface area contributed by atoms with Crippen LogP contribution >= 0.6 is 0 Å². The summed E-state index contributed by atoms with van der Waals surface area (Å²) in [5.74, 6) is 14.2. The maximum Gasteiger partial charge on any atom is 0.133 e. The van der Waals surface area contributed by atoms with Gasteiger partial charge in [-0.05, 0) is 278 Å². The predicted molar refractivity (Wildman–Crippen MR) is 463 cm³/mol. The molecule has 2 aromatic carbocycles. The van der Waals surface area contributed by atoms with Crippen LogP contribution in [0.25, 0.3) is 6.08 Å². The zero-order valence-corrected chi connectivity index (χ0v) is 76.9. The molecule has 0 bridgehead atoms. The molecule has 0 aliphatic heterocycles. The fourth-order valence-electron chi connectivity index (χ4n) is 19.2. The van der Waals surface area contributed by atoms with E-state index in [1.807, 2.05) is 27.7 Å². The Morgan fingerprint density at radius 2 is 0.856 bits per heavy atom. The van der Waals surface area contributed by atoms with E-state index in [0.717, 1.165) is 82.3 Å². The molecule has 2 nitrogen and oxygen atoms in total. The summed E-state index contributed by atoms with van der Waals surface area (Å²) in [6.45, 7) is 96.1. The van der Waals surface area contributed by atoms with E-state index >= 15 is 0 Å². The Kier molecular flexibility index (Phi) is 31.9. The number of carbonyl (C=O) groups excluding carboxylic acids is 2. The minimum Gasteiger partial charge on any atom is -0.300 e. The van der Waals surface area contributed by atoms with E-state index < -0.39 is 0 Å². The lowest BCUT2D eigenvalue weighted by atomic mass is 9.90. The van der Waals surface area contributed by atoms with Crippen LogP contribution in [-0.4, -0.2) is 11.6 Å². The zero-order chi connectivity index (χ0) is 81.0. The van der Waals surface area contributed by atoms with Gasteiger partial charge in [0.2, 0.25) is 0 Å². The summed E-state index contributed by atoms with van der Waals surface area (Å²) in [7, 11) is 0. The largest absolute Gasteiger partial charge is 0.300 e. The van der Waals surface area contributed by atoms with Gasteiger partial charge in [-0.2, -0.15) is 0 Å². The van der Waals surface area contributed by atoms with E-state index in [1.165, 1.54) is 65.5 Å². The zero-order valence-electron chi connectivity index (χ0n) is 76.9. The minimum absolute atomic E-state index is 0.296. The minimum atomic E-state index is 0.296. The molecule has 1 spiro atoms. The van der Waals surface area contributed by atoms with Crippen molar-refractivity contribution in [3.63, 3.8) is 0 Å². The van der Waals surface area contributed by atoms with Gasteiger partial charge in [0.05, 0.1) is 0 Å². The Morgan fingerprint density at radius 3 is 1.08 bits per heavy atom. The van der Waals surface area contributed by atoms with E-state index in [2.05, 4.69) is 359 Å². The topological polar surface area (TPSA) is 34.1 Å². The van der Waals surface area contributed by atoms with E-state index in [-0.39, 0.29) is 0 Å². The maximum atomic E-state index is 11.4. The first kappa shape index (κ1) is 94.5. The van der Waals surface area contributed by atoms with Crippen molar-refractivity contribution in [3.8, 4) is 0 Å². The second kappa shape index (κ2) is 35.1. The van der Waals surface area contributed by atoms with E-state index in [1.54, 1.807) is 13.8 Å². The van der Waals surface area contributed by atoms with E-state index in [4.69, 9.17) is 0 Å². The smallest absolute Gasteiger partial charge is 0.133 e. The average Bonchev–Trinajstić information content (AvgIpc) is 1.53. The summed E-state index contributed by atoms with van der Waals surface area (Å²) in [5.41, 5.74) is 17.9. The molecule has 0 N–H and O–H groups in total. The molecule has 0 radical (unpaired) electrons. The Balaban J connectivity index is 0.000000303. The Bertz CT molecular complexity index is 3240. The molecule has 11 saturated carbocycles. The number of rotatable bonds is 12. The highest BCUT2D eigenvalue weighted by molar-refractivity contribution is 5.83. The van der Waals surface area contributed by atoms with Crippen LogP contribution in [0.1, 0.15) is 341 Å². The molecule has 0 aromatic heterocycles. The SMILES string of the molecule is CC.CC.CC(=O)C1C(C)C1(C)C.CC(=O)C1C(C2CC2(C)C)C1(C)C.CC(C)=C=CC1C(C)C1(C)C.CC(C)=CC1(C)C(C)C1(C)C.CC(C)=CC1C(C)C1(C)C.CC(C)=CC1C(C)C12CC2.CC(C)CC1C(C)C1(C)C.CC1(C)CC1(C)c1ccccc1.CC1C(C=Cc2ccccc2)C1(C)C. The number of allylic oxidation sites excluding steroid dienone is 8. The second-order valence-corrected chi connectivity index (χ2v) is 42.5. The van der Waals surface area contributed by atoms with Crippen LogP contribution in [0, 0.1) is 160 Å². The van der Waals surface area contributed by atoms with Gasteiger partial charge in [0.25, 0.3) is 0 Å². The lowest BCUT2D eigenvalue weighted by Gasteiger charge is -2.14. The van der Waals surface area contributed by atoms with E-state index in [9.17, 15) is 9.59 Å². The van der Waals surface area contributed by atoms with Gasteiger partial charge >= 0.3 is 0 Å². The lowest BCUT2D eigenvalue weighted by Crippen LogP contribution is -2.08. The van der Waals surface area contributed by atoms with Crippen molar-refractivity contribution in [2.75, 3.05) is 0 Å². The first-order valence-corrected chi connectivity index (χ1v) is 42.5. The molecule has 2 aromatic rings. The molecule has 592 valence electrons. The highest BCUT2D eigenvalue weighted by Gasteiger charge is 2.70. The first-order chi connectivity index (χ1) is 47.3. The van der Waals surface area contributed by atoms with Crippen LogP contribution in [-0.2, 0) is 15.0 Å². The third-order valence-corrected chi connectivity index (χ3v) is 31.1. The number of hydrogen-bond donors (Lipinski definition) is 0. The number of ketones is 2. The molecule has 18 atom stereocenters. The monoisotopic (exact) mass is 1430 g/mol. The summed E-state index contributed by atoms with van der Waals surface area (Å²) in [4.78, 5) is 22.2. The van der Waals surface area contributed by atoms with Crippen LogP contribution in [0.4, 0.5) is 0 Å². The van der Waals surface area contributed by atoms with Crippen molar-refractivity contribution < 1.29 is 9.59 Å². The summed E-state index contributed by atoms with van der Waals surface area (Å²) < 4.78 is 0. The van der Waals surface area contributed by atoms with Crippen LogP contribution in [0.5, 0.6) is 0 Å². The molecule has 18 unspecified atom stereocenters. The van der Waals surface area contributed by atoms with Crippen LogP contribution in [0.15, 0.2) is 119 Å². The second-order valence-electron chi connectivity index (χ2n) is 42.5. The molecule has 2 heteroatoms. The summed E-state index contributed by atoms with van der Waals surface area (Å²) >= 11 is 0. The van der Waals surface area contributed by atoms with Gasteiger partial charge in [0.15, 0.2) is 0 Å². The number of Topliss-reactive ketones (excluding diaryl/α,β-unsaturated/α-hetero) is 2. The maximum absolute atomic E-state index is 11.4. The molecule has 13 rings (SSSR count). The van der Waals surface area contributed by atoms with Gasteiger partial charge in [-0.3, -0.25) is 9.59 Å². The fourth-order valence-corrected chi connectivity index (χ4v) is 19.2. The standard InChI is InChI=1S/C14H18.C12H20O.C12H16.C11H20.C11H18.C10H16.C10H20.C10H18.C8H14O.2C2H6/c1-11-13(14(11,2)3)10-9-12-7-5-4-6-8-12;1-7(13)9-10(12(9,4)5)8-6-11(8,2)3;1-11(2)9-12(11,3)10-7-5-4-6-8-10;1-8(2)7-11(6)9(3)10(11,4)5;1-8(2)6-7-10-9(3)11(10,4)5;1-7(2)6-9-8(3)10(9)4-5-10;2*1-7(2)6-9-8(3)10(9,4)5;1-5-7(6(2)9)8(5,3)4;2*1-2/h4-11,13H,1-3H3;8-10H,6H2,1-5H3;4-8H,9H2,1-3H3;7,9H,1-6H3;7,9-10H,1-5H3;6,8-9H,4-5H2,1-3H3;7-9H,6H2,1-5H3;6,8-9H,1-5H3;5,7H,1-4H3;2*1-2H3. The van der Waals surface area contributed by atoms with E-state index in [0.29, 0.717) is 94.8 Å². The van der Waals surface area contributed by atoms with Crippen molar-refractivity contribution >= 4 is 17.6 Å². The highest BCUT2D eigenvalue weighted by atomic mass is 16.1. The number of carbonyl (C=O) groups is 2. The molecule has 11 aliphatic rings. The first-order valence-electron chi connectivity index (χ1n) is 42.5. The van der Waals surface area contributed by atoms with Crippen molar-refractivity contribution in [1.82, 2.24) is 0 Å². The highest BCUT2D eigenvalue weighted by Crippen LogP contribution is 2.76. The van der Waals surface area contributed by atoms with Gasteiger partial charge in [-0.25, -0.2) is 0 Å². The summed E-state index contributed by atoms with van der Waals surface area (Å²) in [6.07, 6.45) is 21.2. The average molecular weight is 1430 g/mol. The molecule has 0 heterocycles. The molecule has 0 amide bonds. The van der Waals surface area contributed by atoms with Crippen molar-refractivity contribution in [2.24, 2.45) is 160 Å². The van der Waals surface area contributed by atoms with Crippen molar-refractivity contribution in [1.29, 1.82) is 0 Å². The normalized spacial score (nSPS) is 34.9. The molecular formula is C102H172O2. The van der Waals surface area contributed by atoms with Crippen molar-refractivity contribution in [2.45, 2.75) is 335 Å². The Labute approximate surface area is 649 Å². The van der Waals surface area contributed by atoms with Gasteiger partial charge in [-0.1, -0.05) is 336 Å². The fraction of sp³-hybridized carbons (Fsp3) is 0.755. The number of benzene rings is 2. The Morgan fingerprint density at radius 1 is 0.481 bits per heavy atom.